The minimum absolute atomic E-state index is 0.127. The second-order valence-corrected chi connectivity index (χ2v) is 6.07. The van der Waals surface area contributed by atoms with Crippen LogP contribution in [-0.2, 0) is 22.0 Å². The summed E-state index contributed by atoms with van der Waals surface area (Å²) in [6.07, 6.45) is 1.79. The van der Waals surface area contributed by atoms with E-state index in [-0.39, 0.29) is 5.75 Å². The molecule has 0 spiro atoms. The first-order valence-electron chi connectivity index (χ1n) is 5.15. The zero-order valence-corrected chi connectivity index (χ0v) is 10.2. The fourth-order valence-corrected chi connectivity index (χ4v) is 2.10. The predicted octanol–water partition coefficient (Wildman–Crippen LogP) is 0.940. The Morgan fingerprint density at radius 3 is 2.59 bits per heavy atom. The molecule has 1 heterocycles. The molecular formula is C11H13N3O2S. The first-order chi connectivity index (χ1) is 8.03. The first kappa shape index (κ1) is 11.8. The summed E-state index contributed by atoms with van der Waals surface area (Å²) in [6.45, 7) is 0. The molecule has 0 unspecified atom stereocenters. The molecule has 0 fully saturated rings. The summed E-state index contributed by atoms with van der Waals surface area (Å²) in [6, 6.07) is 9.81. The van der Waals surface area contributed by atoms with Crippen molar-refractivity contribution in [1.82, 2.24) is 15.2 Å². The number of nitrogens with zero attached hydrogens (tertiary/aromatic N) is 2. The number of benzene rings is 1. The van der Waals surface area contributed by atoms with Crippen LogP contribution in [0.3, 0.4) is 0 Å². The van der Waals surface area contributed by atoms with E-state index in [1.165, 1.54) is 6.26 Å². The average molecular weight is 251 g/mol. The SMILES string of the molecule is CS(=O)(=O)Cc1n[nH]c(Cc2ccccc2)n1. The fraction of sp³-hybridized carbons (Fsp3) is 0.273. The molecule has 0 radical (unpaired) electrons. The second-order valence-electron chi connectivity index (χ2n) is 3.93. The molecule has 0 saturated heterocycles. The van der Waals surface area contributed by atoms with Crippen LogP contribution in [0.5, 0.6) is 0 Å². The molecule has 90 valence electrons. The Morgan fingerprint density at radius 1 is 1.24 bits per heavy atom. The topological polar surface area (TPSA) is 75.7 Å². The fourth-order valence-electron chi connectivity index (χ4n) is 1.50. The Kier molecular flexibility index (Phi) is 3.23. The third-order valence-corrected chi connectivity index (χ3v) is 2.97. The minimum atomic E-state index is -3.08. The van der Waals surface area contributed by atoms with E-state index in [1.807, 2.05) is 30.3 Å². The van der Waals surface area contributed by atoms with Gasteiger partial charge < -0.3 is 0 Å². The molecular weight excluding hydrogens is 238 g/mol. The van der Waals surface area contributed by atoms with Crippen LogP contribution in [0.1, 0.15) is 17.2 Å². The van der Waals surface area contributed by atoms with Crippen molar-refractivity contribution >= 4 is 9.84 Å². The van der Waals surface area contributed by atoms with Crippen LogP contribution in [0.4, 0.5) is 0 Å². The van der Waals surface area contributed by atoms with Crippen molar-refractivity contribution in [3.05, 3.63) is 47.5 Å². The summed E-state index contributed by atoms with van der Waals surface area (Å²) in [5.74, 6) is 0.867. The van der Waals surface area contributed by atoms with Crippen molar-refractivity contribution < 1.29 is 8.42 Å². The third-order valence-electron chi connectivity index (χ3n) is 2.18. The Bertz CT molecular complexity index is 590. The summed E-state index contributed by atoms with van der Waals surface area (Å²) in [5, 5.41) is 6.63. The number of H-pyrrole nitrogens is 1. The molecule has 2 aromatic rings. The lowest BCUT2D eigenvalue weighted by molar-refractivity contribution is 0.599. The van der Waals surface area contributed by atoms with Gasteiger partial charge >= 0.3 is 0 Å². The Balaban J connectivity index is 2.09. The lowest BCUT2D eigenvalue weighted by Crippen LogP contribution is -2.02. The minimum Gasteiger partial charge on any atom is -0.263 e. The quantitative estimate of drug-likeness (QED) is 0.877. The van der Waals surface area contributed by atoms with E-state index in [0.29, 0.717) is 18.1 Å². The molecule has 1 aromatic carbocycles. The number of aromatic amines is 1. The van der Waals surface area contributed by atoms with Crippen molar-refractivity contribution in [2.75, 3.05) is 6.26 Å². The van der Waals surface area contributed by atoms with Gasteiger partial charge in [-0.2, -0.15) is 5.10 Å². The number of hydrogen-bond donors (Lipinski definition) is 1. The molecule has 0 aliphatic carbocycles. The van der Waals surface area contributed by atoms with E-state index in [0.717, 1.165) is 5.56 Å². The van der Waals surface area contributed by atoms with Crippen LogP contribution in [0, 0.1) is 0 Å². The summed E-state index contributed by atoms with van der Waals surface area (Å²) in [7, 11) is -3.08. The van der Waals surface area contributed by atoms with Gasteiger partial charge in [0.25, 0.3) is 0 Å². The number of rotatable bonds is 4. The smallest absolute Gasteiger partial charge is 0.165 e. The summed E-state index contributed by atoms with van der Waals surface area (Å²) in [4.78, 5) is 4.15. The van der Waals surface area contributed by atoms with Crippen molar-refractivity contribution in [3.63, 3.8) is 0 Å². The van der Waals surface area contributed by atoms with Gasteiger partial charge in [0.15, 0.2) is 15.7 Å². The highest BCUT2D eigenvalue weighted by molar-refractivity contribution is 7.89. The van der Waals surface area contributed by atoms with Crippen molar-refractivity contribution in [2.45, 2.75) is 12.2 Å². The van der Waals surface area contributed by atoms with Gasteiger partial charge in [-0.05, 0) is 5.56 Å². The number of nitrogens with one attached hydrogen (secondary N) is 1. The molecule has 0 aliphatic rings. The standard InChI is InChI=1S/C11H13N3O2S/c1-17(15,16)8-11-12-10(13-14-11)7-9-5-3-2-4-6-9/h2-6H,7-8H2,1H3,(H,12,13,14). The molecule has 6 heteroatoms. The highest BCUT2D eigenvalue weighted by atomic mass is 32.2. The molecule has 0 saturated carbocycles. The lowest BCUT2D eigenvalue weighted by atomic mass is 10.1. The van der Waals surface area contributed by atoms with Gasteiger partial charge in [-0.1, -0.05) is 30.3 Å². The molecule has 5 nitrogen and oxygen atoms in total. The maximum atomic E-state index is 11.1. The monoisotopic (exact) mass is 251 g/mol. The van der Waals surface area contributed by atoms with Crippen molar-refractivity contribution in [3.8, 4) is 0 Å². The highest BCUT2D eigenvalue weighted by Gasteiger charge is 2.10. The largest absolute Gasteiger partial charge is 0.263 e. The summed E-state index contributed by atoms with van der Waals surface area (Å²) in [5.41, 5.74) is 1.11. The first-order valence-corrected chi connectivity index (χ1v) is 7.21. The van der Waals surface area contributed by atoms with E-state index < -0.39 is 9.84 Å². The lowest BCUT2D eigenvalue weighted by Gasteiger charge is -1.95. The van der Waals surface area contributed by atoms with Gasteiger partial charge in [0.2, 0.25) is 0 Å². The highest BCUT2D eigenvalue weighted by Crippen LogP contribution is 2.06. The van der Waals surface area contributed by atoms with Gasteiger partial charge in [0, 0.05) is 12.7 Å². The van der Waals surface area contributed by atoms with Crippen LogP contribution >= 0.6 is 0 Å². The van der Waals surface area contributed by atoms with Gasteiger partial charge in [0.05, 0.1) is 0 Å². The molecule has 1 N–H and O–H groups in total. The van der Waals surface area contributed by atoms with E-state index in [1.54, 1.807) is 0 Å². The third kappa shape index (κ3) is 3.67. The maximum absolute atomic E-state index is 11.1. The van der Waals surface area contributed by atoms with Gasteiger partial charge in [-0.25, -0.2) is 13.4 Å². The van der Waals surface area contributed by atoms with Crippen LogP contribution < -0.4 is 0 Å². The van der Waals surface area contributed by atoms with E-state index in [2.05, 4.69) is 15.2 Å². The molecule has 17 heavy (non-hydrogen) atoms. The molecule has 0 amide bonds. The normalized spacial score (nSPS) is 11.6. The molecule has 0 atom stereocenters. The van der Waals surface area contributed by atoms with Crippen molar-refractivity contribution in [2.24, 2.45) is 0 Å². The summed E-state index contributed by atoms with van der Waals surface area (Å²) < 4.78 is 22.1. The Hall–Kier alpha value is -1.69. The number of aromatic nitrogens is 3. The molecule has 0 bridgehead atoms. The molecule has 1 aromatic heterocycles. The molecule has 0 aliphatic heterocycles. The van der Waals surface area contributed by atoms with E-state index in [4.69, 9.17) is 0 Å². The molecule has 2 rings (SSSR count). The van der Waals surface area contributed by atoms with Crippen LogP contribution in [0.15, 0.2) is 30.3 Å². The van der Waals surface area contributed by atoms with Gasteiger partial charge in [-0.3, -0.25) is 5.10 Å². The van der Waals surface area contributed by atoms with Crippen LogP contribution in [-0.4, -0.2) is 29.9 Å². The van der Waals surface area contributed by atoms with Crippen molar-refractivity contribution in [1.29, 1.82) is 0 Å². The maximum Gasteiger partial charge on any atom is 0.165 e. The zero-order valence-electron chi connectivity index (χ0n) is 9.42. The number of sulfone groups is 1. The summed E-state index contributed by atoms with van der Waals surface area (Å²) >= 11 is 0. The Labute approximate surface area is 99.8 Å². The van der Waals surface area contributed by atoms with Crippen LogP contribution in [0.2, 0.25) is 0 Å². The van der Waals surface area contributed by atoms with E-state index >= 15 is 0 Å². The Morgan fingerprint density at radius 2 is 1.94 bits per heavy atom. The van der Waals surface area contributed by atoms with Gasteiger partial charge in [-0.15, -0.1) is 0 Å². The number of hydrogen-bond acceptors (Lipinski definition) is 4. The zero-order chi connectivity index (χ0) is 12.3. The average Bonchev–Trinajstić information content (AvgIpc) is 2.64. The van der Waals surface area contributed by atoms with Crippen LogP contribution in [0.25, 0.3) is 0 Å². The predicted molar refractivity (Wildman–Crippen MR) is 64.2 cm³/mol. The van der Waals surface area contributed by atoms with Gasteiger partial charge in [0.1, 0.15) is 11.6 Å². The van der Waals surface area contributed by atoms with E-state index in [9.17, 15) is 8.42 Å². The second kappa shape index (κ2) is 4.67.